The number of ether oxygens (including phenoxy) is 2. The van der Waals surface area contributed by atoms with Gasteiger partial charge in [-0.05, 0) is 36.5 Å². The second-order valence-corrected chi connectivity index (χ2v) is 6.88. The summed E-state index contributed by atoms with van der Waals surface area (Å²) in [6.07, 6.45) is 5.99. The highest BCUT2D eigenvalue weighted by atomic mass is 16.7. The van der Waals surface area contributed by atoms with Crippen LogP contribution >= 0.6 is 0 Å². The lowest BCUT2D eigenvalue weighted by atomic mass is 9.64. The third kappa shape index (κ3) is 3.72. The molecule has 2 aliphatic rings. The molecule has 0 spiro atoms. The van der Waals surface area contributed by atoms with Crippen molar-refractivity contribution in [1.29, 1.82) is 0 Å². The molecule has 18 heavy (non-hydrogen) atoms. The molecule has 0 bridgehead atoms. The summed E-state index contributed by atoms with van der Waals surface area (Å²) in [5.41, 5.74) is 0.792. The van der Waals surface area contributed by atoms with E-state index in [0.717, 1.165) is 18.8 Å². The largest absolute Gasteiger partial charge is 0.466 e. The second-order valence-electron chi connectivity index (χ2n) is 6.88. The Morgan fingerprint density at radius 1 is 1.39 bits per heavy atom. The molecular formula is C15H26NO2. The first-order valence-electron chi connectivity index (χ1n) is 6.87. The zero-order valence-electron chi connectivity index (χ0n) is 11.9. The molecule has 1 aliphatic carbocycles. The summed E-state index contributed by atoms with van der Waals surface area (Å²) >= 11 is 0. The van der Waals surface area contributed by atoms with E-state index in [4.69, 9.17) is 9.47 Å². The summed E-state index contributed by atoms with van der Waals surface area (Å²) in [5.74, 6) is 0.736. The Kier molecular flexibility index (Phi) is 4.02. The minimum absolute atomic E-state index is 0.151. The SMILES string of the molecule is C=C1COC(CNCC2(C)C[CH]CC(C)(C)C2)O1. The summed E-state index contributed by atoms with van der Waals surface area (Å²) < 4.78 is 10.9. The summed E-state index contributed by atoms with van der Waals surface area (Å²) in [4.78, 5) is 0. The van der Waals surface area contributed by atoms with E-state index in [-0.39, 0.29) is 6.29 Å². The Morgan fingerprint density at radius 2 is 2.17 bits per heavy atom. The lowest BCUT2D eigenvalue weighted by Gasteiger charge is -2.43. The molecule has 3 nitrogen and oxygen atoms in total. The van der Waals surface area contributed by atoms with E-state index in [1.165, 1.54) is 19.3 Å². The van der Waals surface area contributed by atoms with Crippen LogP contribution in [0, 0.1) is 17.3 Å². The first-order valence-corrected chi connectivity index (χ1v) is 6.87. The molecule has 1 aliphatic heterocycles. The molecule has 1 heterocycles. The number of hydrogen-bond donors (Lipinski definition) is 1. The molecule has 0 amide bonds. The van der Waals surface area contributed by atoms with Gasteiger partial charge in [0.05, 0.1) is 6.54 Å². The summed E-state index contributed by atoms with van der Waals surface area (Å²) in [5, 5.41) is 3.48. The van der Waals surface area contributed by atoms with Crippen LogP contribution < -0.4 is 5.32 Å². The Bertz CT molecular complexity index is 314. The van der Waals surface area contributed by atoms with Gasteiger partial charge in [-0.1, -0.05) is 27.4 Å². The van der Waals surface area contributed by atoms with Crippen LogP contribution in [0.5, 0.6) is 0 Å². The molecule has 2 rings (SSSR count). The van der Waals surface area contributed by atoms with Crippen LogP contribution in [-0.2, 0) is 9.47 Å². The Balaban J connectivity index is 1.73. The molecule has 3 heteroatoms. The van der Waals surface area contributed by atoms with Crippen LogP contribution in [0.2, 0.25) is 0 Å². The molecule has 1 radical (unpaired) electrons. The van der Waals surface area contributed by atoms with E-state index in [0.29, 0.717) is 17.4 Å². The predicted octanol–water partition coefficient (Wildman–Crippen LogP) is 2.88. The van der Waals surface area contributed by atoms with Gasteiger partial charge in [-0.15, -0.1) is 0 Å². The van der Waals surface area contributed by atoms with Crippen molar-refractivity contribution >= 4 is 0 Å². The molecule has 2 unspecified atom stereocenters. The predicted molar refractivity (Wildman–Crippen MR) is 72.9 cm³/mol. The zero-order chi connectivity index (χ0) is 13.2. The molecule has 1 N–H and O–H groups in total. The van der Waals surface area contributed by atoms with Gasteiger partial charge in [-0.3, -0.25) is 0 Å². The van der Waals surface area contributed by atoms with Gasteiger partial charge in [-0.25, -0.2) is 0 Å². The topological polar surface area (TPSA) is 30.5 Å². The molecule has 2 fully saturated rings. The van der Waals surface area contributed by atoms with Gasteiger partial charge in [-0.2, -0.15) is 0 Å². The molecule has 2 atom stereocenters. The fourth-order valence-corrected chi connectivity index (χ4v) is 3.28. The average molecular weight is 252 g/mol. The Labute approximate surface area is 111 Å². The molecule has 0 aromatic rings. The highest BCUT2D eigenvalue weighted by Gasteiger charge is 2.36. The van der Waals surface area contributed by atoms with Gasteiger partial charge >= 0.3 is 0 Å². The number of nitrogens with one attached hydrogen (secondary N) is 1. The van der Waals surface area contributed by atoms with Crippen LogP contribution in [0.15, 0.2) is 12.3 Å². The quantitative estimate of drug-likeness (QED) is 0.834. The van der Waals surface area contributed by atoms with E-state index >= 15 is 0 Å². The standard InChI is InChI=1S/C15H26NO2/c1-12-9-17-13(18-12)8-16-11-15(4)7-5-6-14(2,3)10-15/h5,13,16H,1,6-11H2,2-4H3. The van der Waals surface area contributed by atoms with Crippen LogP contribution in [0.25, 0.3) is 0 Å². The Hall–Kier alpha value is -0.540. The lowest BCUT2D eigenvalue weighted by Crippen LogP contribution is -2.41. The number of hydrogen-bond acceptors (Lipinski definition) is 3. The third-order valence-electron chi connectivity index (χ3n) is 3.83. The van der Waals surface area contributed by atoms with Crippen LogP contribution in [0.1, 0.15) is 40.0 Å². The van der Waals surface area contributed by atoms with Gasteiger partial charge in [0, 0.05) is 6.54 Å². The van der Waals surface area contributed by atoms with Crippen LogP contribution in [-0.4, -0.2) is 26.0 Å². The minimum Gasteiger partial charge on any atom is -0.466 e. The maximum Gasteiger partial charge on any atom is 0.212 e. The number of rotatable bonds is 4. The van der Waals surface area contributed by atoms with E-state index < -0.39 is 0 Å². The zero-order valence-corrected chi connectivity index (χ0v) is 11.9. The van der Waals surface area contributed by atoms with Crippen molar-refractivity contribution in [2.45, 2.75) is 46.3 Å². The van der Waals surface area contributed by atoms with Crippen molar-refractivity contribution in [1.82, 2.24) is 5.32 Å². The van der Waals surface area contributed by atoms with Crippen molar-refractivity contribution in [2.24, 2.45) is 10.8 Å². The van der Waals surface area contributed by atoms with E-state index in [1.54, 1.807) is 0 Å². The minimum atomic E-state index is -0.151. The van der Waals surface area contributed by atoms with Crippen LogP contribution in [0.4, 0.5) is 0 Å². The molecule has 1 saturated heterocycles. The highest BCUT2D eigenvalue weighted by Crippen LogP contribution is 2.45. The van der Waals surface area contributed by atoms with Crippen molar-refractivity contribution in [2.75, 3.05) is 19.7 Å². The molecule has 103 valence electrons. The third-order valence-corrected chi connectivity index (χ3v) is 3.83. The second kappa shape index (κ2) is 5.22. The maximum atomic E-state index is 5.44. The summed E-state index contributed by atoms with van der Waals surface area (Å²) in [6, 6.07) is 0. The van der Waals surface area contributed by atoms with Gasteiger partial charge in [0.15, 0.2) is 0 Å². The first-order chi connectivity index (χ1) is 8.39. The fourth-order valence-electron chi connectivity index (χ4n) is 3.28. The molecular weight excluding hydrogens is 226 g/mol. The lowest BCUT2D eigenvalue weighted by molar-refractivity contribution is -0.0313. The van der Waals surface area contributed by atoms with Gasteiger partial charge in [0.25, 0.3) is 0 Å². The highest BCUT2D eigenvalue weighted by molar-refractivity contribution is 4.96. The van der Waals surface area contributed by atoms with E-state index in [2.05, 4.69) is 39.1 Å². The van der Waals surface area contributed by atoms with Gasteiger partial charge < -0.3 is 14.8 Å². The van der Waals surface area contributed by atoms with Crippen molar-refractivity contribution in [3.05, 3.63) is 18.8 Å². The van der Waals surface area contributed by atoms with Crippen molar-refractivity contribution in [3.63, 3.8) is 0 Å². The van der Waals surface area contributed by atoms with Crippen molar-refractivity contribution < 1.29 is 9.47 Å². The summed E-state index contributed by atoms with van der Waals surface area (Å²) in [7, 11) is 0. The smallest absolute Gasteiger partial charge is 0.212 e. The Morgan fingerprint density at radius 3 is 2.78 bits per heavy atom. The normalized spacial score (nSPS) is 35.5. The first kappa shape index (κ1) is 13.9. The van der Waals surface area contributed by atoms with Gasteiger partial charge in [0.1, 0.15) is 12.4 Å². The maximum absolute atomic E-state index is 5.44. The monoisotopic (exact) mass is 252 g/mol. The van der Waals surface area contributed by atoms with E-state index in [1.807, 2.05) is 0 Å². The summed E-state index contributed by atoms with van der Waals surface area (Å²) in [6.45, 7) is 13.1. The molecule has 1 saturated carbocycles. The van der Waals surface area contributed by atoms with Gasteiger partial charge in [0.2, 0.25) is 6.29 Å². The molecule has 0 aromatic carbocycles. The van der Waals surface area contributed by atoms with E-state index in [9.17, 15) is 0 Å². The fraction of sp³-hybridized carbons (Fsp3) is 0.800. The average Bonchev–Trinajstić information content (AvgIpc) is 2.62. The molecule has 0 aromatic heterocycles. The van der Waals surface area contributed by atoms with Crippen molar-refractivity contribution in [3.8, 4) is 0 Å². The van der Waals surface area contributed by atoms with Crippen LogP contribution in [0.3, 0.4) is 0 Å².